The predicted molar refractivity (Wildman–Crippen MR) is 58.7 cm³/mol. The molecule has 2 aromatic rings. The van der Waals surface area contributed by atoms with Crippen LogP contribution in [0.3, 0.4) is 0 Å². The fourth-order valence-corrected chi connectivity index (χ4v) is 1.03. The van der Waals surface area contributed by atoms with Gasteiger partial charge < -0.3 is 0 Å². The number of hydrogen-bond donors (Lipinski definition) is 4. The quantitative estimate of drug-likeness (QED) is 0.302. The van der Waals surface area contributed by atoms with Crippen molar-refractivity contribution in [2.45, 2.75) is 0 Å². The monoisotopic (exact) mass is 330 g/mol. The number of nitrogens with zero attached hydrogens (tertiary/aromatic N) is 2. The molecule has 2 aromatic heterocycles. The molecule has 2 heterocycles. The van der Waals surface area contributed by atoms with E-state index in [4.69, 9.17) is 24.7 Å². The third-order valence-corrected chi connectivity index (χ3v) is 1.59. The summed E-state index contributed by atoms with van der Waals surface area (Å²) in [4.78, 5) is 8.37. The van der Waals surface area contributed by atoms with Crippen LogP contribution in [0.25, 0.3) is 11.4 Å². The van der Waals surface area contributed by atoms with E-state index in [2.05, 4.69) is 9.97 Å². The molecule has 0 aliphatic rings. The molecule has 4 N–H and O–H groups in total. The normalized spacial score (nSPS) is 6.89. The zero-order valence-electron chi connectivity index (χ0n) is 10.2. The van der Waals surface area contributed by atoms with Crippen LogP contribution in [0.15, 0.2) is 48.8 Å². The maximum Gasteiger partial charge on any atom is 0.0886 e. The van der Waals surface area contributed by atoms with Crippen molar-refractivity contribution < 1.29 is 93.5 Å². The smallest absolute Gasteiger partial charge is 0.0886 e. The minimum atomic E-state index is 0. The van der Waals surface area contributed by atoms with Gasteiger partial charge >= 0.3 is 72.4 Å². The van der Waals surface area contributed by atoms with Crippen molar-refractivity contribution in [2.75, 3.05) is 0 Å². The molecule has 0 amide bonds. The molecular weight excluding hydrogens is 318 g/mol. The average Bonchev–Trinajstić information content (AvgIpc) is 2.55. The second-order valence-corrected chi connectivity index (χ2v) is 2.43. The summed E-state index contributed by atoms with van der Waals surface area (Å²) in [7, 11) is 0. The van der Waals surface area contributed by atoms with Crippen LogP contribution in [0.5, 0.6) is 0 Å². The molecule has 2 rings (SSSR count). The molecule has 7 nitrogen and oxygen atoms in total. The van der Waals surface area contributed by atoms with Gasteiger partial charge in [-0.25, -0.2) is 0 Å². The van der Waals surface area contributed by atoms with E-state index in [1.54, 1.807) is 12.4 Å². The molecule has 0 fully saturated rings. The third kappa shape index (κ3) is 11.7. The van der Waals surface area contributed by atoms with Crippen LogP contribution in [0.2, 0.25) is 0 Å². The van der Waals surface area contributed by atoms with E-state index in [0.29, 0.717) is 0 Å². The standard InChI is InChI=1S/C10H8N2.K.2H2O2.O.V/c1-3-7-11-9(5-1)10-6-2-4-8-12-10;;2*1-2;;/h1-8H;;2*1-2H;;/q;+1;;;;. The van der Waals surface area contributed by atoms with Crippen LogP contribution >= 0.6 is 0 Å². The van der Waals surface area contributed by atoms with Crippen molar-refractivity contribution in [3.05, 3.63) is 48.8 Å². The Morgan fingerprint density at radius 3 is 1.26 bits per heavy atom. The molecule has 0 aromatic carbocycles. The van der Waals surface area contributed by atoms with Crippen molar-refractivity contribution in [3.8, 4) is 11.4 Å². The summed E-state index contributed by atoms with van der Waals surface area (Å²) in [5.74, 6) is 0. The van der Waals surface area contributed by atoms with Crippen molar-refractivity contribution in [1.82, 2.24) is 9.97 Å². The first-order valence-electron chi connectivity index (χ1n) is 4.37. The van der Waals surface area contributed by atoms with Crippen LogP contribution in [0, 0.1) is 0 Å². The fourth-order valence-electron chi connectivity index (χ4n) is 1.03. The summed E-state index contributed by atoms with van der Waals surface area (Å²) in [6, 6.07) is 11.6. The Labute approximate surface area is 161 Å². The van der Waals surface area contributed by atoms with Crippen molar-refractivity contribution in [2.24, 2.45) is 0 Å². The Morgan fingerprint density at radius 2 is 1.05 bits per heavy atom. The van der Waals surface area contributed by atoms with Gasteiger partial charge in [0, 0.05) is 12.4 Å². The molecule has 0 bridgehead atoms. The van der Waals surface area contributed by atoms with E-state index >= 15 is 0 Å². The predicted octanol–water partition coefficient (Wildman–Crippen LogP) is -0.939. The minimum Gasteiger partial charge on any atom is -0.255 e. The Kier molecular flexibility index (Phi) is 26.1. The van der Waals surface area contributed by atoms with Gasteiger partial charge in [-0.1, -0.05) is 12.1 Å². The van der Waals surface area contributed by atoms with Gasteiger partial charge in [0.15, 0.2) is 0 Å². The van der Waals surface area contributed by atoms with Crippen molar-refractivity contribution in [1.29, 1.82) is 0 Å². The molecule has 0 spiro atoms. The van der Waals surface area contributed by atoms with Gasteiger partial charge in [0.2, 0.25) is 0 Å². The summed E-state index contributed by atoms with van der Waals surface area (Å²) in [6.07, 6.45) is 3.54. The third-order valence-electron chi connectivity index (χ3n) is 1.59. The van der Waals surface area contributed by atoms with Crippen LogP contribution in [0.4, 0.5) is 0 Å². The Balaban J connectivity index is -0.000000325. The van der Waals surface area contributed by atoms with Crippen LogP contribution < -0.4 is 51.4 Å². The fraction of sp³-hybridized carbons (Fsp3) is 0. The van der Waals surface area contributed by atoms with Gasteiger partial charge in [0.1, 0.15) is 0 Å². The zero-order valence-corrected chi connectivity index (χ0v) is 14.7. The van der Waals surface area contributed by atoms with Gasteiger partial charge in [-0.05, 0) is 24.3 Å². The Hall–Kier alpha value is 0.161. The first-order chi connectivity index (χ1) is 8.97. The molecule has 97 valence electrons. The second kappa shape index (κ2) is 20.5. The summed E-state index contributed by atoms with van der Waals surface area (Å²) in [5.41, 5.74) is 1.83. The molecule has 0 atom stereocenters. The van der Waals surface area contributed by atoms with Crippen LogP contribution in [0.1, 0.15) is 0 Å². The summed E-state index contributed by atoms with van der Waals surface area (Å²) >= 11 is 1.06. The topological polar surface area (TPSA) is 124 Å². The van der Waals surface area contributed by atoms with E-state index < -0.39 is 0 Å². The molecule has 0 saturated carbocycles. The number of hydrogen-bond acceptors (Lipinski definition) is 7. The largest absolute Gasteiger partial charge is 0.255 e. The van der Waals surface area contributed by atoms with E-state index in [-0.39, 0.29) is 51.4 Å². The first-order valence-corrected chi connectivity index (χ1v) is 4.94. The molecule has 0 unspecified atom stereocenters. The maximum absolute atomic E-state index is 8.19. The minimum absolute atomic E-state index is 0. The molecule has 0 saturated heterocycles. The van der Waals surface area contributed by atoms with Crippen LogP contribution in [-0.2, 0) is 21.0 Å². The summed E-state index contributed by atoms with van der Waals surface area (Å²) in [5, 5.41) is 24.0. The number of pyridine rings is 2. The van der Waals surface area contributed by atoms with Gasteiger partial charge in [-0.15, -0.1) is 0 Å². The van der Waals surface area contributed by atoms with E-state index in [1.165, 1.54) is 0 Å². The van der Waals surface area contributed by atoms with Gasteiger partial charge in [-0.2, -0.15) is 0 Å². The average molecular weight is 330 g/mol. The summed E-state index contributed by atoms with van der Waals surface area (Å²) < 4.78 is 8.19. The molecule has 0 radical (unpaired) electrons. The molecule has 0 aliphatic heterocycles. The molecule has 9 heteroatoms. The van der Waals surface area contributed by atoms with Gasteiger partial charge in [0.05, 0.1) is 11.4 Å². The Morgan fingerprint density at radius 1 is 0.737 bits per heavy atom. The van der Waals surface area contributed by atoms with Gasteiger partial charge in [-0.3, -0.25) is 31.0 Å². The number of rotatable bonds is 1. The maximum atomic E-state index is 8.19. The second-order valence-electron chi connectivity index (χ2n) is 2.43. The zero-order chi connectivity index (χ0) is 14.2. The van der Waals surface area contributed by atoms with Crippen LogP contribution in [-0.4, -0.2) is 31.0 Å². The van der Waals surface area contributed by atoms with Crippen molar-refractivity contribution in [3.63, 3.8) is 0 Å². The van der Waals surface area contributed by atoms with E-state index in [0.717, 1.165) is 28.8 Å². The summed E-state index contributed by atoms with van der Waals surface area (Å²) in [6.45, 7) is 0. The SMILES string of the molecule is OO.OO.[K+].[O]=[V].c1ccc(-c2ccccn2)nc1. The van der Waals surface area contributed by atoms with Gasteiger partial charge in [0.25, 0.3) is 0 Å². The van der Waals surface area contributed by atoms with Crippen molar-refractivity contribution >= 4 is 0 Å². The van der Waals surface area contributed by atoms with E-state index in [9.17, 15) is 0 Å². The first kappa shape index (κ1) is 24.2. The molecule has 0 aliphatic carbocycles. The Bertz CT molecular complexity index is 345. The number of aromatic nitrogens is 2. The van der Waals surface area contributed by atoms with E-state index in [1.807, 2.05) is 36.4 Å². The molecular formula is C10H12KN2O5V+. The molecule has 19 heavy (non-hydrogen) atoms.